The molecule has 0 N–H and O–H groups in total. The van der Waals surface area contributed by atoms with Crippen LogP contribution < -0.4 is 4.31 Å². The second-order valence-electron chi connectivity index (χ2n) is 6.19. The van der Waals surface area contributed by atoms with Gasteiger partial charge in [-0.1, -0.05) is 30.3 Å². The molecule has 0 radical (unpaired) electrons. The number of fused-ring (bicyclic) bond motifs is 1. The number of hydrogen-bond acceptors (Lipinski definition) is 4. The summed E-state index contributed by atoms with van der Waals surface area (Å²) in [5.74, 6) is 0. The molecule has 0 fully saturated rings. The first kappa shape index (κ1) is 16.3. The third kappa shape index (κ3) is 2.75. The van der Waals surface area contributed by atoms with Crippen molar-refractivity contribution in [3.05, 3.63) is 64.0 Å². The van der Waals surface area contributed by atoms with Crippen LogP contribution in [0.15, 0.2) is 52.7 Å². The van der Waals surface area contributed by atoms with Crippen LogP contribution in [0.4, 0.5) is 5.69 Å². The van der Waals surface area contributed by atoms with Crippen molar-refractivity contribution < 1.29 is 8.42 Å². The largest absolute Gasteiger partial charge is 0.266 e. The molecular weight excluding hydrogens is 352 g/mol. The highest BCUT2D eigenvalue weighted by molar-refractivity contribution is 7.93. The zero-order valence-electron chi connectivity index (χ0n) is 14.1. The maximum atomic E-state index is 13.3. The second-order valence-corrected chi connectivity index (χ2v) is 9.08. The van der Waals surface area contributed by atoms with Gasteiger partial charge < -0.3 is 0 Å². The van der Waals surface area contributed by atoms with Crippen LogP contribution in [0, 0.1) is 13.8 Å². The highest BCUT2D eigenvalue weighted by Crippen LogP contribution is 2.35. The molecule has 2 aromatic carbocycles. The van der Waals surface area contributed by atoms with Gasteiger partial charge in [-0.25, -0.2) is 13.4 Å². The van der Waals surface area contributed by atoms with Gasteiger partial charge in [-0.05, 0) is 43.5 Å². The predicted molar refractivity (Wildman–Crippen MR) is 102 cm³/mol. The van der Waals surface area contributed by atoms with Gasteiger partial charge >= 0.3 is 0 Å². The van der Waals surface area contributed by atoms with Crippen molar-refractivity contribution in [2.75, 3.05) is 10.8 Å². The van der Waals surface area contributed by atoms with E-state index in [0.717, 1.165) is 39.5 Å². The molecule has 0 spiro atoms. The highest BCUT2D eigenvalue weighted by atomic mass is 32.2. The number of anilines is 1. The van der Waals surface area contributed by atoms with Gasteiger partial charge in [0.2, 0.25) is 0 Å². The summed E-state index contributed by atoms with van der Waals surface area (Å²) < 4.78 is 28.2. The molecule has 2 heterocycles. The first-order valence-electron chi connectivity index (χ1n) is 8.10. The summed E-state index contributed by atoms with van der Waals surface area (Å²) in [6, 6.07) is 13.2. The van der Waals surface area contributed by atoms with Crippen LogP contribution in [0.5, 0.6) is 0 Å². The quantitative estimate of drug-likeness (QED) is 0.695. The van der Waals surface area contributed by atoms with Crippen molar-refractivity contribution in [2.45, 2.75) is 25.2 Å². The van der Waals surface area contributed by atoms with E-state index >= 15 is 0 Å². The van der Waals surface area contributed by atoms with Crippen LogP contribution in [0.25, 0.3) is 11.3 Å². The zero-order chi connectivity index (χ0) is 17.6. The fraction of sp³-hybridized carbons (Fsp3) is 0.211. The Morgan fingerprint density at radius 1 is 1.12 bits per heavy atom. The summed E-state index contributed by atoms with van der Waals surface area (Å²) in [6.07, 6.45) is 0.749. The van der Waals surface area contributed by atoms with Gasteiger partial charge in [0.1, 0.15) is 0 Å². The van der Waals surface area contributed by atoms with Gasteiger partial charge in [-0.3, -0.25) is 4.31 Å². The fourth-order valence-corrected chi connectivity index (χ4v) is 5.59. The molecule has 0 amide bonds. The topological polar surface area (TPSA) is 50.3 Å². The van der Waals surface area contributed by atoms with Crippen LogP contribution in [0.3, 0.4) is 0 Å². The average molecular weight is 370 g/mol. The SMILES string of the molecule is Cc1nc(-c2ccc(C)c(S(=O)(=O)N3CCc4ccccc43)c2)cs1. The van der Waals surface area contributed by atoms with E-state index in [0.29, 0.717) is 11.4 Å². The molecule has 0 bridgehead atoms. The van der Waals surface area contributed by atoms with Crippen LogP contribution in [0.2, 0.25) is 0 Å². The van der Waals surface area contributed by atoms with Crippen molar-refractivity contribution in [1.29, 1.82) is 0 Å². The lowest BCUT2D eigenvalue weighted by atomic mass is 10.1. The first-order chi connectivity index (χ1) is 12.0. The Morgan fingerprint density at radius 2 is 1.92 bits per heavy atom. The Morgan fingerprint density at radius 3 is 2.68 bits per heavy atom. The summed E-state index contributed by atoms with van der Waals surface area (Å²) in [5.41, 5.74) is 4.27. The van der Waals surface area contributed by atoms with Gasteiger partial charge in [0.05, 0.1) is 21.3 Å². The summed E-state index contributed by atoms with van der Waals surface area (Å²) in [6.45, 7) is 4.27. The van der Waals surface area contributed by atoms with Crippen LogP contribution in [-0.2, 0) is 16.4 Å². The minimum absolute atomic E-state index is 0.354. The third-order valence-corrected chi connectivity index (χ3v) is 7.24. The van der Waals surface area contributed by atoms with E-state index in [2.05, 4.69) is 4.98 Å². The maximum Gasteiger partial charge on any atom is 0.264 e. The fourth-order valence-electron chi connectivity index (χ4n) is 3.21. The Labute approximate surface area is 151 Å². The molecule has 4 nitrogen and oxygen atoms in total. The number of benzene rings is 2. The standard InChI is InChI=1S/C19H18N2O2S2/c1-13-7-8-16(17-12-24-14(2)20-17)11-19(13)25(22,23)21-10-9-15-5-3-4-6-18(15)21/h3-8,11-12H,9-10H2,1-2H3. The number of aryl methyl sites for hydroxylation is 2. The van der Waals surface area contributed by atoms with Gasteiger partial charge in [-0.15, -0.1) is 11.3 Å². The number of thiazole rings is 1. The Balaban J connectivity index is 1.81. The van der Waals surface area contributed by atoms with Crippen LogP contribution in [-0.4, -0.2) is 19.9 Å². The summed E-state index contributed by atoms with van der Waals surface area (Å²) in [5, 5.41) is 2.93. The summed E-state index contributed by atoms with van der Waals surface area (Å²) >= 11 is 1.56. The summed E-state index contributed by atoms with van der Waals surface area (Å²) in [4.78, 5) is 4.83. The number of rotatable bonds is 3. The molecule has 4 rings (SSSR count). The third-order valence-electron chi connectivity index (χ3n) is 4.52. The van der Waals surface area contributed by atoms with E-state index in [1.807, 2.05) is 55.6 Å². The Bertz CT molecular complexity index is 1050. The molecule has 1 aliphatic heterocycles. The van der Waals surface area contributed by atoms with Crippen molar-refractivity contribution in [2.24, 2.45) is 0 Å². The van der Waals surface area contributed by atoms with Gasteiger partial charge in [0, 0.05) is 17.5 Å². The minimum Gasteiger partial charge on any atom is -0.266 e. The van der Waals surface area contributed by atoms with Gasteiger partial charge in [0.25, 0.3) is 10.0 Å². The lowest BCUT2D eigenvalue weighted by Gasteiger charge is -2.21. The second kappa shape index (κ2) is 5.97. The van der Waals surface area contributed by atoms with E-state index < -0.39 is 10.0 Å². The van der Waals surface area contributed by atoms with Crippen LogP contribution in [0.1, 0.15) is 16.1 Å². The molecule has 25 heavy (non-hydrogen) atoms. The Kier molecular flexibility index (Phi) is 3.89. The van der Waals surface area contributed by atoms with Crippen LogP contribution >= 0.6 is 11.3 Å². The van der Waals surface area contributed by atoms with Crippen molar-refractivity contribution >= 4 is 27.0 Å². The number of sulfonamides is 1. The zero-order valence-corrected chi connectivity index (χ0v) is 15.7. The van der Waals surface area contributed by atoms with Gasteiger partial charge in [-0.2, -0.15) is 0 Å². The van der Waals surface area contributed by atoms with E-state index in [1.54, 1.807) is 17.4 Å². The molecule has 0 saturated heterocycles. The number of para-hydroxylation sites is 1. The number of nitrogens with zero attached hydrogens (tertiary/aromatic N) is 2. The van der Waals surface area contributed by atoms with Crippen molar-refractivity contribution in [3.8, 4) is 11.3 Å². The minimum atomic E-state index is -3.60. The van der Waals surface area contributed by atoms with Crippen molar-refractivity contribution in [1.82, 2.24) is 4.98 Å². The van der Waals surface area contributed by atoms with Crippen molar-refractivity contribution in [3.63, 3.8) is 0 Å². The Hall–Kier alpha value is -2.18. The smallest absolute Gasteiger partial charge is 0.264 e. The summed E-state index contributed by atoms with van der Waals surface area (Å²) in [7, 11) is -3.60. The normalized spacial score (nSPS) is 13.9. The van der Waals surface area contributed by atoms with E-state index in [9.17, 15) is 8.42 Å². The number of aromatic nitrogens is 1. The first-order valence-corrected chi connectivity index (χ1v) is 10.4. The lowest BCUT2D eigenvalue weighted by molar-refractivity contribution is 0.591. The van der Waals surface area contributed by atoms with Gasteiger partial charge in [0.15, 0.2) is 0 Å². The number of hydrogen-bond donors (Lipinski definition) is 0. The molecule has 6 heteroatoms. The molecule has 128 valence electrons. The molecular formula is C19H18N2O2S2. The molecule has 0 aliphatic carbocycles. The molecule has 3 aromatic rings. The van der Waals surface area contributed by atoms with E-state index in [1.165, 1.54) is 4.31 Å². The lowest BCUT2D eigenvalue weighted by Crippen LogP contribution is -2.29. The predicted octanol–water partition coefficient (Wildman–Crippen LogP) is 4.18. The molecule has 1 aliphatic rings. The average Bonchev–Trinajstić information content (AvgIpc) is 3.21. The van der Waals surface area contributed by atoms with E-state index in [-0.39, 0.29) is 0 Å². The maximum absolute atomic E-state index is 13.3. The molecule has 0 unspecified atom stereocenters. The highest BCUT2D eigenvalue weighted by Gasteiger charge is 2.31. The molecule has 0 atom stereocenters. The monoisotopic (exact) mass is 370 g/mol. The molecule has 0 saturated carbocycles. The van der Waals surface area contributed by atoms with E-state index in [4.69, 9.17) is 0 Å². The molecule has 1 aromatic heterocycles.